The number of hydrogen-bond donors (Lipinski definition) is 1. The fraction of sp³-hybridized carbons (Fsp3) is 0.250. The minimum Gasteiger partial charge on any atom is -0.369 e. The van der Waals surface area contributed by atoms with Gasteiger partial charge >= 0.3 is 0 Å². The van der Waals surface area contributed by atoms with Crippen LogP contribution in [0.2, 0.25) is 0 Å². The summed E-state index contributed by atoms with van der Waals surface area (Å²) in [6.45, 7) is 0.854. The zero-order valence-electron chi connectivity index (χ0n) is 9.92. The highest BCUT2D eigenvalue weighted by Crippen LogP contribution is 2.20. The van der Waals surface area contributed by atoms with Gasteiger partial charge in [-0.1, -0.05) is 0 Å². The highest BCUT2D eigenvalue weighted by Gasteiger charge is 2.06. The van der Waals surface area contributed by atoms with Crippen molar-refractivity contribution in [2.24, 2.45) is 0 Å². The number of nitrogens with zero attached hydrogens (tertiary/aromatic N) is 2. The van der Waals surface area contributed by atoms with E-state index >= 15 is 0 Å². The van der Waals surface area contributed by atoms with Crippen LogP contribution in [-0.4, -0.2) is 28.5 Å². The van der Waals surface area contributed by atoms with Gasteiger partial charge in [-0.15, -0.1) is 0 Å². The maximum atomic E-state index is 10.7. The van der Waals surface area contributed by atoms with Crippen LogP contribution in [0.3, 0.4) is 0 Å². The Kier molecular flexibility index (Phi) is 3.99. The van der Waals surface area contributed by atoms with Crippen molar-refractivity contribution in [2.45, 2.75) is 0 Å². The predicted molar refractivity (Wildman–Crippen MR) is 75.3 cm³/mol. The van der Waals surface area contributed by atoms with Crippen LogP contribution in [0.25, 0.3) is 10.9 Å². The Morgan fingerprint density at radius 3 is 2.94 bits per heavy atom. The number of nitro benzene ring substituents is 1. The van der Waals surface area contributed by atoms with E-state index in [9.17, 15) is 10.1 Å². The standard InChI is InChI=1S/C12H13N3O2S/c1-18-7-6-13-12-5-2-9-8-10(15(16)17)3-4-11(9)14-12/h2-5,8H,6-7H2,1H3,(H,13,14). The lowest BCUT2D eigenvalue weighted by Gasteiger charge is -2.05. The molecule has 0 saturated heterocycles. The average Bonchev–Trinajstić information content (AvgIpc) is 2.38. The third-order valence-corrected chi connectivity index (χ3v) is 3.11. The molecule has 2 aromatic rings. The van der Waals surface area contributed by atoms with Gasteiger partial charge in [0.1, 0.15) is 5.82 Å². The van der Waals surface area contributed by atoms with Crippen molar-refractivity contribution in [3.63, 3.8) is 0 Å². The molecule has 1 aromatic carbocycles. The smallest absolute Gasteiger partial charge is 0.270 e. The summed E-state index contributed by atoms with van der Waals surface area (Å²) in [6.07, 6.45) is 2.05. The molecule has 0 fully saturated rings. The van der Waals surface area contributed by atoms with Crippen molar-refractivity contribution in [2.75, 3.05) is 23.9 Å². The maximum absolute atomic E-state index is 10.7. The quantitative estimate of drug-likeness (QED) is 0.510. The predicted octanol–water partition coefficient (Wildman–Crippen LogP) is 2.92. The molecule has 0 radical (unpaired) electrons. The fourth-order valence-corrected chi connectivity index (χ4v) is 1.91. The Hall–Kier alpha value is -1.82. The highest BCUT2D eigenvalue weighted by atomic mass is 32.2. The van der Waals surface area contributed by atoms with Gasteiger partial charge in [0.25, 0.3) is 5.69 Å². The summed E-state index contributed by atoms with van der Waals surface area (Å²) >= 11 is 1.76. The minimum atomic E-state index is -0.399. The molecule has 0 aliphatic rings. The number of non-ortho nitro benzene ring substituents is 1. The Bertz CT molecular complexity index is 574. The van der Waals surface area contributed by atoms with Crippen molar-refractivity contribution < 1.29 is 4.92 Å². The second-order valence-corrected chi connectivity index (χ2v) is 4.74. The molecular formula is C12H13N3O2S. The molecule has 0 unspecified atom stereocenters. The molecule has 0 bridgehead atoms. The molecule has 0 aliphatic heterocycles. The van der Waals surface area contributed by atoms with E-state index in [1.807, 2.05) is 12.1 Å². The second kappa shape index (κ2) is 5.68. The van der Waals surface area contributed by atoms with Gasteiger partial charge in [-0.25, -0.2) is 4.98 Å². The molecular weight excluding hydrogens is 250 g/mol. The minimum absolute atomic E-state index is 0.0902. The van der Waals surface area contributed by atoms with Crippen molar-refractivity contribution in [3.05, 3.63) is 40.4 Å². The largest absolute Gasteiger partial charge is 0.369 e. The van der Waals surface area contributed by atoms with E-state index in [4.69, 9.17) is 0 Å². The Morgan fingerprint density at radius 2 is 2.22 bits per heavy atom. The summed E-state index contributed by atoms with van der Waals surface area (Å²) in [5.41, 5.74) is 0.849. The van der Waals surface area contributed by atoms with Gasteiger partial charge in [0.2, 0.25) is 0 Å². The molecule has 18 heavy (non-hydrogen) atoms. The molecule has 1 N–H and O–H groups in total. The van der Waals surface area contributed by atoms with Crippen molar-refractivity contribution in [3.8, 4) is 0 Å². The van der Waals surface area contributed by atoms with Crippen LogP contribution < -0.4 is 5.32 Å². The van der Waals surface area contributed by atoms with E-state index in [-0.39, 0.29) is 5.69 Å². The van der Waals surface area contributed by atoms with E-state index in [0.29, 0.717) is 0 Å². The lowest BCUT2D eigenvalue weighted by molar-refractivity contribution is -0.384. The first-order valence-electron chi connectivity index (χ1n) is 5.49. The number of nitrogens with one attached hydrogen (secondary N) is 1. The highest BCUT2D eigenvalue weighted by molar-refractivity contribution is 7.98. The lowest BCUT2D eigenvalue weighted by atomic mass is 10.2. The van der Waals surface area contributed by atoms with E-state index in [2.05, 4.69) is 16.6 Å². The first-order valence-corrected chi connectivity index (χ1v) is 6.88. The summed E-state index contributed by atoms with van der Waals surface area (Å²) < 4.78 is 0. The average molecular weight is 263 g/mol. The van der Waals surface area contributed by atoms with E-state index < -0.39 is 4.92 Å². The molecule has 1 heterocycles. The number of hydrogen-bond acceptors (Lipinski definition) is 5. The van der Waals surface area contributed by atoms with Gasteiger partial charge in [-0.2, -0.15) is 11.8 Å². The number of thioether (sulfide) groups is 1. The van der Waals surface area contributed by atoms with Crippen LogP contribution in [0.5, 0.6) is 0 Å². The van der Waals surface area contributed by atoms with Crippen LogP contribution in [0, 0.1) is 10.1 Å². The molecule has 6 heteroatoms. The van der Waals surface area contributed by atoms with Crippen molar-refractivity contribution >= 4 is 34.2 Å². The molecule has 94 valence electrons. The zero-order valence-corrected chi connectivity index (χ0v) is 10.7. The topological polar surface area (TPSA) is 68.1 Å². The third kappa shape index (κ3) is 2.89. The monoisotopic (exact) mass is 263 g/mol. The number of aromatic nitrogens is 1. The molecule has 1 aromatic heterocycles. The van der Waals surface area contributed by atoms with E-state index in [1.54, 1.807) is 17.8 Å². The summed E-state index contributed by atoms with van der Waals surface area (Å²) in [4.78, 5) is 14.7. The summed E-state index contributed by atoms with van der Waals surface area (Å²) in [5, 5.41) is 14.6. The second-order valence-electron chi connectivity index (χ2n) is 3.75. The first kappa shape index (κ1) is 12.6. The SMILES string of the molecule is CSCCNc1ccc2cc([N+](=O)[O-])ccc2n1. The normalized spacial score (nSPS) is 10.5. The van der Waals surface area contributed by atoms with Gasteiger partial charge < -0.3 is 5.32 Å². The molecule has 0 amide bonds. The van der Waals surface area contributed by atoms with Crippen LogP contribution in [0.15, 0.2) is 30.3 Å². The number of rotatable bonds is 5. The molecule has 0 saturated carbocycles. The lowest BCUT2D eigenvalue weighted by Crippen LogP contribution is -2.05. The Morgan fingerprint density at radius 1 is 1.39 bits per heavy atom. The van der Waals surface area contributed by atoms with Gasteiger partial charge in [0.05, 0.1) is 10.4 Å². The molecule has 0 atom stereocenters. The van der Waals surface area contributed by atoms with E-state index in [1.165, 1.54) is 12.1 Å². The van der Waals surface area contributed by atoms with Gasteiger partial charge in [-0.3, -0.25) is 10.1 Å². The molecule has 0 spiro atoms. The Labute approximate surface area is 109 Å². The fourth-order valence-electron chi connectivity index (χ4n) is 1.61. The van der Waals surface area contributed by atoms with Gasteiger partial charge in [0.15, 0.2) is 0 Å². The van der Waals surface area contributed by atoms with Crippen LogP contribution in [-0.2, 0) is 0 Å². The van der Waals surface area contributed by atoms with Crippen molar-refractivity contribution in [1.29, 1.82) is 0 Å². The number of benzene rings is 1. The van der Waals surface area contributed by atoms with Crippen LogP contribution in [0.4, 0.5) is 11.5 Å². The number of fused-ring (bicyclic) bond motifs is 1. The molecule has 0 aliphatic carbocycles. The van der Waals surface area contributed by atoms with Crippen LogP contribution in [0.1, 0.15) is 0 Å². The number of nitro groups is 1. The van der Waals surface area contributed by atoms with Crippen LogP contribution >= 0.6 is 11.8 Å². The van der Waals surface area contributed by atoms with E-state index in [0.717, 1.165) is 29.0 Å². The van der Waals surface area contributed by atoms with Crippen molar-refractivity contribution in [1.82, 2.24) is 4.98 Å². The zero-order chi connectivity index (χ0) is 13.0. The third-order valence-electron chi connectivity index (χ3n) is 2.50. The first-order chi connectivity index (χ1) is 8.70. The Balaban J connectivity index is 2.24. The summed E-state index contributed by atoms with van der Waals surface area (Å²) in [6, 6.07) is 8.37. The van der Waals surface area contributed by atoms with Gasteiger partial charge in [-0.05, 0) is 24.5 Å². The summed E-state index contributed by atoms with van der Waals surface area (Å²) in [7, 11) is 0. The maximum Gasteiger partial charge on any atom is 0.270 e. The number of pyridine rings is 1. The molecule has 2 rings (SSSR count). The summed E-state index contributed by atoms with van der Waals surface area (Å²) in [5.74, 6) is 1.81. The van der Waals surface area contributed by atoms with Gasteiger partial charge in [0, 0.05) is 29.8 Å². The number of anilines is 1. The molecule has 5 nitrogen and oxygen atoms in total.